The van der Waals surface area contributed by atoms with Gasteiger partial charge in [-0.25, -0.2) is 0 Å². The molecule has 0 unspecified atom stereocenters. The van der Waals surface area contributed by atoms with Crippen molar-refractivity contribution in [3.63, 3.8) is 0 Å². The van der Waals surface area contributed by atoms with Crippen LogP contribution in [0.2, 0.25) is 0 Å². The van der Waals surface area contributed by atoms with Gasteiger partial charge in [0.1, 0.15) is 0 Å². The monoisotopic (exact) mass is 239 g/mol. The average Bonchev–Trinajstić information content (AvgIpc) is 1.64. The summed E-state index contributed by atoms with van der Waals surface area (Å²) in [5, 5.41) is 16.3. The molecule has 0 aliphatic rings. The molecule has 63 valence electrons. The van der Waals surface area contributed by atoms with Crippen LogP contribution in [0.1, 0.15) is 13.3 Å². The standard InChI is InChI=1S/C5H8O4.Ag/c1-2-3(4(6)7)5(8)9;/h3H,2H2,1H3,(H,6,7)(H,8,9);. The molecule has 0 aromatic rings. The third-order valence-electron chi connectivity index (χ3n) is 1.00. The van der Waals surface area contributed by atoms with Crippen LogP contribution < -0.4 is 0 Å². The molecule has 0 amide bonds. The Hall–Kier alpha value is -0.320. The van der Waals surface area contributed by atoms with Crippen LogP contribution >= 0.6 is 0 Å². The number of aliphatic carboxylic acids is 2. The van der Waals surface area contributed by atoms with Crippen LogP contribution in [-0.4, -0.2) is 22.2 Å². The number of carbonyl (C=O) groups is 2. The number of rotatable bonds is 3. The molecule has 4 nitrogen and oxygen atoms in total. The summed E-state index contributed by atoms with van der Waals surface area (Å²) >= 11 is 0. The van der Waals surface area contributed by atoms with E-state index in [0.29, 0.717) is 0 Å². The first-order valence-corrected chi connectivity index (χ1v) is 2.55. The van der Waals surface area contributed by atoms with Crippen molar-refractivity contribution < 1.29 is 42.2 Å². The Morgan fingerprint density at radius 3 is 1.60 bits per heavy atom. The summed E-state index contributed by atoms with van der Waals surface area (Å²) in [6.45, 7) is 1.52. The predicted octanol–water partition coefficient (Wildman–Crippen LogP) is 0.179. The van der Waals surface area contributed by atoms with Crippen molar-refractivity contribution >= 4 is 11.9 Å². The maximum atomic E-state index is 9.99. The zero-order valence-electron chi connectivity index (χ0n) is 5.30. The Bertz CT molecular complexity index is 120. The molecule has 0 aromatic carbocycles. The minimum Gasteiger partial charge on any atom is -0.481 e. The van der Waals surface area contributed by atoms with E-state index in [0.717, 1.165) is 0 Å². The number of hydrogen-bond donors (Lipinski definition) is 2. The molecule has 5 heteroatoms. The summed E-state index contributed by atoms with van der Waals surface area (Å²) in [6, 6.07) is 0. The summed E-state index contributed by atoms with van der Waals surface area (Å²) in [4.78, 5) is 20.0. The topological polar surface area (TPSA) is 74.6 Å². The summed E-state index contributed by atoms with van der Waals surface area (Å²) in [6.07, 6.45) is 0.130. The largest absolute Gasteiger partial charge is 0.481 e. The summed E-state index contributed by atoms with van der Waals surface area (Å²) in [5.74, 6) is -3.79. The summed E-state index contributed by atoms with van der Waals surface area (Å²) in [7, 11) is 0. The van der Waals surface area contributed by atoms with Gasteiger partial charge >= 0.3 is 11.9 Å². The van der Waals surface area contributed by atoms with Gasteiger partial charge in [-0.2, -0.15) is 0 Å². The quantitative estimate of drug-likeness (QED) is 0.545. The van der Waals surface area contributed by atoms with Gasteiger partial charge in [-0.3, -0.25) is 9.59 Å². The van der Waals surface area contributed by atoms with Crippen LogP contribution in [0.15, 0.2) is 0 Å². The van der Waals surface area contributed by atoms with E-state index in [-0.39, 0.29) is 28.8 Å². The second kappa shape index (κ2) is 5.46. The van der Waals surface area contributed by atoms with Crippen LogP contribution in [0.4, 0.5) is 0 Å². The molecule has 0 aliphatic carbocycles. The third-order valence-corrected chi connectivity index (χ3v) is 1.00. The molecule has 0 bridgehead atoms. The van der Waals surface area contributed by atoms with E-state index in [4.69, 9.17) is 10.2 Å². The van der Waals surface area contributed by atoms with Crippen molar-refractivity contribution in [1.82, 2.24) is 0 Å². The number of carboxylic acid groups (broad SMARTS) is 2. The van der Waals surface area contributed by atoms with Crippen molar-refractivity contribution in [2.75, 3.05) is 0 Å². The first kappa shape index (κ1) is 12.4. The van der Waals surface area contributed by atoms with Crippen LogP contribution in [-0.2, 0) is 32.0 Å². The van der Waals surface area contributed by atoms with E-state index >= 15 is 0 Å². The van der Waals surface area contributed by atoms with Crippen molar-refractivity contribution in [3.8, 4) is 0 Å². The maximum absolute atomic E-state index is 9.99. The van der Waals surface area contributed by atoms with Gasteiger partial charge in [0.2, 0.25) is 0 Å². The molecule has 0 heterocycles. The second-order valence-electron chi connectivity index (χ2n) is 1.64. The molecule has 0 atom stereocenters. The van der Waals surface area contributed by atoms with Gasteiger partial charge in [0.05, 0.1) is 0 Å². The predicted molar refractivity (Wildman–Crippen MR) is 29.1 cm³/mol. The van der Waals surface area contributed by atoms with Crippen LogP contribution in [0, 0.1) is 5.92 Å². The van der Waals surface area contributed by atoms with Crippen LogP contribution in [0.5, 0.6) is 0 Å². The van der Waals surface area contributed by atoms with Crippen molar-refractivity contribution in [3.05, 3.63) is 0 Å². The number of carboxylic acids is 2. The molecule has 2 N–H and O–H groups in total. The Morgan fingerprint density at radius 2 is 1.60 bits per heavy atom. The van der Waals surface area contributed by atoms with Crippen molar-refractivity contribution in [1.29, 1.82) is 0 Å². The van der Waals surface area contributed by atoms with Crippen LogP contribution in [0.25, 0.3) is 0 Å². The van der Waals surface area contributed by atoms with Crippen molar-refractivity contribution in [2.24, 2.45) is 5.92 Å². The van der Waals surface area contributed by atoms with E-state index in [1.807, 2.05) is 0 Å². The average molecular weight is 240 g/mol. The molecule has 0 saturated heterocycles. The fraction of sp³-hybridized carbons (Fsp3) is 0.600. The first-order valence-electron chi connectivity index (χ1n) is 2.55. The molecular formula is C5H8AgO4. The molecule has 1 radical (unpaired) electrons. The molecule has 0 aliphatic heterocycles. The Labute approximate surface area is 73.7 Å². The van der Waals surface area contributed by atoms with Crippen molar-refractivity contribution in [2.45, 2.75) is 13.3 Å². The SMILES string of the molecule is CCC(C(=O)O)C(=O)O.[Ag]. The van der Waals surface area contributed by atoms with Gasteiger partial charge < -0.3 is 10.2 Å². The zero-order chi connectivity index (χ0) is 7.44. The minimum absolute atomic E-state index is 0. The molecule has 0 aromatic heterocycles. The molecule has 0 saturated carbocycles. The smallest absolute Gasteiger partial charge is 0.317 e. The van der Waals surface area contributed by atoms with Gasteiger partial charge in [0.25, 0.3) is 0 Å². The van der Waals surface area contributed by atoms with Gasteiger partial charge in [0, 0.05) is 22.4 Å². The molecular weight excluding hydrogens is 232 g/mol. The first-order chi connectivity index (χ1) is 4.09. The number of hydrogen-bond acceptors (Lipinski definition) is 2. The summed E-state index contributed by atoms with van der Waals surface area (Å²) < 4.78 is 0. The van der Waals surface area contributed by atoms with E-state index in [2.05, 4.69) is 0 Å². The van der Waals surface area contributed by atoms with Gasteiger partial charge in [-0.15, -0.1) is 0 Å². The Kier molecular flexibility index (Phi) is 6.76. The van der Waals surface area contributed by atoms with Gasteiger partial charge in [0.15, 0.2) is 5.92 Å². The Balaban J connectivity index is 0. The molecule has 10 heavy (non-hydrogen) atoms. The van der Waals surface area contributed by atoms with E-state index in [1.165, 1.54) is 6.92 Å². The van der Waals surface area contributed by atoms with Gasteiger partial charge in [-0.05, 0) is 6.42 Å². The minimum atomic E-state index is -1.27. The van der Waals surface area contributed by atoms with E-state index in [9.17, 15) is 9.59 Å². The molecule has 0 spiro atoms. The van der Waals surface area contributed by atoms with E-state index in [1.54, 1.807) is 0 Å². The Morgan fingerprint density at radius 1 is 1.30 bits per heavy atom. The normalized spacial score (nSPS) is 8.60. The van der Waals surface area contributed by atoms with Crippen LogP contribution in [0.3, 0.4) is 0 Å². The fourth-order valence-corrected chi connectivity index (χ4v) is 0.455. The zero-order valence-corrected chi connectivity index (χ0v) is 6.78. The van der Waals surface area contributed by atoms with E-state index < -0.39 is 17.9 Å². The van der Waals surface area contributed by atoms with Gasteiger partial charge in [-0.1, -0.05) is 6.92 Å². The molecule has 0 fully saturated rings. The fourth-order valence-electron chi connectivity index (χ4n) is 0.455. The third kappa shape index (κ3) is 3.66. The second-order valence-corrected chi connectivity index (χ2v) is 1.64. The maximum Gasteiger partial charge on any atom is 0.317 e. The molecule has 0 rings (SSSR count). The summed E-state index contributed by atoms with van der Waals surface area (Å²) in [5.41, 5.74) is 0.